The first-order valence-corrected chi connectivity index (χ1v) is 9.83. The molecule has 1 fully saturated rings. The molecule has 5 rings (SSSR count). The van der Waals surface area contributed by atoms with Gasteiger partial charge in [0.2, 0.25) is 5.91 Å². The van der Waals surface area contributed by atoms with Crippen LogP contribution in [0.15, 0.2) is 60.9 Å². The molecule has 1 unspecified atom stereocenters. The number of aromatic nitrogens is 2. The number of nitrogens with zero attached hydrogens (tertiary/aromatic N) is 3. The lowest BCUT2D eigenvalue weighted by molar-refractivity contribution is -0.150. The zero-order valence-corrected chi connectivity index (χ0v) is 16.5. The molecule has 148 valence electrons. The Morgan fingerprint density at radius 1 is 1.10 bits per heavy atom. The van der Waals surface area contributed by atoms with Crippen molar-refractivity contribution >= 4 is 5.91 Å². The first-order chi connectivity index (χ1) is 14.0. The van der Waals surface area contributed by atoms with Crippen LogP contribution in [-0.2, 0) is 22.2 Å². The number of benzene rings is 2. The third-order valence-corrected chi connectivity index (χ3v) is 5.83. The van der Waals surface area contributed by atoms with E-state index in [1.807, 2.05) is 79.8 Å². The van der Waals surface area contributed by atoms with Crippen LogP contribution in [0.1, 0.15) is 29.5 Å². The van der Waals surface area contributed by atoms with Gasteiger partial charge in [-0.2, -0.15) is 5.10 Å². The molecular weight excluding hydrogens is 366 g/mol. The number of hydrogen-bond donors (Lipinski definition) is 0. The molecule has 2 aliphatic rings. The number of carbonyl (C=O) groups is 1. The summed E-state index contributed by atoms with van der Waals surface area (Å²) >= 11 is 0. The molecule has 0 spiro atoms. The van der Waals surface area contributed by atoms with Crippen molar-refractivity contribution in [2.24, 2.45) is 7.05 Å². The van der Waals surface area contributed by atoms with Gasteiger partial charge < -0.3 is 14.4 Å². The molecule has 3 aromatic rings. The molecule has 1 saturated heterocycles. The van der Waals surface area contributed by atoms with Crippen LogP contribution < -0.4 is 4.74 Å². The molecular formula is C23H23N3O3. The van der Waals surface area contributed by atoms with Crippen molar-refractivity contribution in [2.45, 2.75) is 18.4 Å². The van der Waals surface area contributed by atoms with Crippen molar-refractivity contribution in [3.63, 3.8) is 0 Å². The second-order valence-corrected chi connectivity index (χ2v) is 7.85. The van der Waals surface area contributed by atoms with Gasteiger partial charge in [-0.05, 0) is 19.1 Å². The van der Waals surface area contributed by atoms with Gasteiger partial charge in [-0.15, -0.1) is 0 Å². The average molecular weight is 389 g/mol. The topological polar surface area (TPSA) is 56.6 Å². The van der Waals surface area contributed by atoms with Gasteiger partial charge >= 0.3 is 0 Å². The van der Waals surface area contributed by atoms with E-state index in [4.69, 9.17) is 9.47 Å². The zero-order chi connectivity index (χ0) is 20.0. The molecule has 6 heteroatoms. The van der Waals surface area contributed by atoms with Crippen LogP contribution in [0.5, 0.6) is 11.5 Å². The van der Waals surface area contributed by atoms with E-state index >= 15 is 0 Å². The second kappa shape index (κ2) is 6.74. The van der Waals surface area contributed by atoms with E-state index in [1.165, 1.54) is 0 Å². The summed E-state index contributed by atoms with van der Waals surface area (Å²) in [4.78, 5) is 15.7. The minimum absolute atomic E-state index is 0.0756. The Kier molecular flexibility index (Phi) is 4.17. The molecule has 0 saturated carbocycles. The first kappa shape index (κ1) is 17.9. The first-order valence-electron chi connectivity index (χ1n) is 9.83. The van der Waals surface area contributed by atoms with Crippen LogP contribution in [0, 0.1) is 0 Å². The van der Waals surface area contributed by atoms with Crippen molar-refractivity contribution in [3.05, 3.63) is 77.6 Å². The summed E-state index contributed by atoms with van der Waals surface area (Å²) in [7, 11) is 1.88. The van der Waals surface area contributed by atoms with Gasteiger partial charge in [-0.1, -0.05) is 36.4 Å². The molecule has 1 atom stereocenters. The van der Waals surface area contributed by atoms with Gasteiger partial charge in [0.25, 0.3) is 0 Å². The van der Waals surface area contributed by atoms with Crippen LogP contribution in [0.25, 0.3) is 0 Å². The van der Waals surface area contributed by atoms with E-state index in [1.54, 1.807) is 4.68 Å². The molecule has 1 amide bonds. The van der Waals surface area contributed by atoms with Gasteiger partial charge in [0.1, 0.15) is 17.1 Å². The fourth-order valence-electron chi connectivity index (χ4n) is 4.29. The Bertz CT molecular complexity index is 1030. The quantitative estimate of drug-likeness (QED) is 0.674. The maximum atomic E-state index is 13.8. The van der Waals surface area contributed by atoms with E-state index in [9.17, 15) is 4.79 Å². The van der Waals surface area contributed by atoms with E-state index in [2.05, 4.69) is 5.10 Å². The molecule has 0 aliphatic carbocycles. The standard InChI is InChI=1S/C23H23N3O3/c1-23(16-13-24-25(2)14-16)15-26(11-12-28-23)22(27)21-17-7-3-5-9-19(17)29-20-10-6-4-8-18(20)21/h3-10,13-14,21H,11-12,15H2,1-2H3. The van der Waals surface area contributed by atoms with Crippen molar-refractivity contribution in [3.8, 4) is 11.5 Å². The Morgan fingerprint density at radius 2 is 1.76 bits per heavy atom. The predicted molar refractivity (Wildman–Crippen MR) is 108 cm³/mol. The highest BCUT2D eigenvalue weighted by molar-refractivity contribution is 5.90. The number of carbonyl (C=O) groups excluding carboxylic acids is 1. The summed E-state index contributed by atoms with van der Waals surface area (Å²) < 4.78 is 13.9. The summed E-state index contributed by atoms with van der Waals surface area (Å²) in [6.45, 7) is 3.56. The number of hydrogen-bond acceptors (Lipinski definition) is 4. The smallest absolute Gasteiger partial charge is 0.235 e. The number of aryl methyl sites for hydroxylation is 1. The lowest BCUT2D eigenvalue weighted by Gasteiger charge is -2.42. The Morgan fingerprint density at radius 3 is 2.38 bits per heavy atom. The fourth-order valence-corrected chi connectivity index (χ4v) is 4.29. The number of para-hydroxylation sites is 2. The predicted octanol–water partition coefficient (Wildman–Crippen LogP) is 3.43. The molecule has 2 aromatic carbocycles. The average Bonchev–Trinajstić information content (AvgIpc) is 3.19. The van der Waals surface area contributed by atoms with Gasteiger partial charge in [0, 0.05) is 36.5 Å². The second-order valence-electron chi connectivity index (χ2n) is 7.85. The van der Waals surface area contributed by atoms with Crippen LogP contribution in [0.4, 0.5) is 0 Å². The van der Waals surface area contributed by atoms with Crippen LogP contribution >= 0.6 is 0 Å². The van der Waals surface area contributed by atoms with E-state index < -0.39 is 5.60 Å². The van der Waals surface area contributed by atoms with E-state index in [0.717, 1.165) is 28.2 Å². The zero-order valence-electron chi connectivity index (χ0n) is 16.5. The lowest BCUT2D eigenvalue weighted by atomic mass is 9.86. The number of rotatable bonds is 2. The number of morpholine rings is 1. The molecule has 0 N–H and O–H groups in total. The largest absolute Gasteiger partial charge is 0.457 e. The summed E-state index contributed by atoms with van der Waals surface area (Å²) in [5, 5.41) is 4.27. The monoisotopic (exact) mass is 389 g/mol. The summed E-state index contributed by atoms with van der Waals surface area (Å²) in [6, 6.07) is 15.6. The fraction of sp³-hybridized carbons (Fsp3) is 0.304. The van der Waals surface area contributed by atoms with E-state index in [0.29, 0.717) is 19.7 Å². The molecule has 3 heterocycles. The van der Waals surface area contributed by atoms with Crippen molar-refractivity contribution < 1.29 is 14.3 Å². The van der Waals surface area contributed by atoms with Crippen molar-refractivity contribution in [1.29, 1.82) is 0 Å². The number of amides is 1. The Labute approximate surface area is 169 Å². The third-order valence-electron chi connectivity index (χ3n) is 5.83. The van der Waals surface area contributed by atoms with Gasteiger partial charge in [0.15, 0.2) is 0 Å². The minimum atomic E-state index is -0.577. The van der Waals surface area contributed by atoms with Gasteiger partial charge in [-0.3, -0.25) is 9.48 Å². The molecule has 29 heavy (non-hydrogen) atoms. The molecule has 0 radical (unpaired) electrons. The maximum absolute atomic E-state index is 13.8. The minimum Gasteiger partial charge on any atom is -0.457 e. The van der Waals surface area contributed by atoms with Gasteiger partial charge in [-0.25, -0.2) is 0 Å². The van der Waals surface area contributed by atoms with E-state index in [-0.39, 0.29) is 11.8 Å². The van der Waals surface area contributed by atoms with Gasteiger partial charge in [0.05, 0.1) is 25.3 Å². The molecule has 1 aromatic heterocycles. The lowest BCUT2D eigenvalue weighted by Crippen LogP contribution is -2.51. The summed E-state index contributed by atoms with van der Waals surface area (Å²) in [5.41, 5.74) is 2.22. The van der Waals surface area contributed by atoms with Crippen molar-refractivity contribution in [2.75, 3.05) is 19.7 Å². The Balaban J connectivity index is 1.51. The maximum Gasteiger partial charge on any atom is 0.235 e. The molecule has 6 nitrogen and oxygen atoms in total. The highest BCUT2D eigenvalue weighted by atomic mass is 16.5. The van der Waals surface area contributed by atoms with Crippen LogP contribution in [0.2, 0.25) is 0 Å². The van der Waals surface area contributed by atoms with Crippen LogP contribution in [0.3, 0.4) is 0 Å². The summed E-state index contributed by atoms with van der Waals surface area (Å²) in [6.07, 6.45) is 3.76. The highest BCUT2D eigenvalue weighted by Gasteiger charge is 2.41. The van der Waals surface area contributed by atoms with Crippen molar-refractivity contribution in [1.82, 2.24) is 14.7 Å². The third kappa shape index (κ3) is 3.00. The number of ether oxygens (including phenoxy) is 2. The normalized spacial score (nSPS) is 21.2. The molecule has 0 bridgehead atoms. The van der Waals surface area contributed by atoms with Crippen LogP contribution in [-0.4, -0.2) is 40.3 Å². The Hall–Kier alpha value is -3.12. The highest BCUT2D eigenvalue weighted by Crippen LogP contribution is 2.45. The summed E-state index contributed by atoms with van der Waals surface area (Å²) in [5.74, 6) is 1.18. The number of fused-ring (bicyclic) bond motifs is 2. The SMILES string of the molecule is Cn1cc(C2(C)CN(C(=O)C3c4ccccc4Oc4ccccc43)CCO2)cn1. The molecule has 2 aliphatic heterocycles.